The fraction of sp³-hybridized carbons (Fsp3) is 0.450. The fourth-order valence-electron chi connectivity index (χ4n) is 4.01. The summed E-state index contributed by atoms with van der Waals surface area (Å²) in [5.74, 6) is 0.592. The molecule has 6 nitrogen and oxygen atoms in total. The van der Waals surface area contributed by atoms with Crippen molar-refractivity contribution in [1.82, 2.24) is 15.0 Å². The standard InChI is InChI=1S/C20H23N3O3/c1-13-17-8-9-22(12-18(17)26-21-13)20(25)16-10-19(24)23(11-16)14(2)15-6-4-3-5-7-15/h3-7,14,16H,8-12H2,1-2H3. The molecule has 0 spiro atoms. The van der Waals surface area contributed by atoms with Crippen LogP contribution in [0.4, 0.5) is 0 Å². The van der Waals surface area contributed by atoms with E-state index in [1.54, 1.807) is 0 Å². The van der Waals surface area contributed by atoms with Gasteiger partial charge in [0.15, 0.2) is 5.76 Å². The van der Waals surface area contributed by atoms with Gasteiger partial charge in [0.05, 0.1) is 24.2 Å². The molecule has 0 bridgehead atoms. The Morgan fingerprint density at radius 1 is 1.31 bits per heavy atom. The fourth-order valence-corrected chi connectivity index (χ4v) is 4.01. The Balaban J connectivity index is 1.44. The lowest BCUT2D eigenvalue weighted by molar-refractivity contribution is -0.137. The van der Waals surface area contributed by atoms with Crippen molar-refractivity contribution in [2.45, 2.75) is 39.3 Å². The molecule has 0 radical (unpaired) electrons. The van der Waals surface area contributed by atoms with Crippen LogP contribution in [0.2, 0.25) is 0 Å². The van der Waals surface area contributed by atoms with Crippen molar-refractivity contribution in [3.05, 3.63) is 52.9 Å². The molecule has 4 rings (SSSR count). The number of likely N-dealkylation sites (tertiary alicyclic amines) is 1. The Kier molecular flexibility index (Phi) is 4.26. The van der Waals surface area contributed by atoms with Crippen molar-refractivity contribution in [2.24, 2.45) is 5.92 Å². The molecule has 1 saturated heterocycles. The first-order chi connectivity index (χ1) is 12.5. The summed E-state index contributed by atoms with van der Waals surface area (Å²) in [6.07, 6.45) is 1.05. The SMILES string of the molecule is Cc1noc2c1CCN(C(=O)C1CC(=O)N(C(C)c3ccccc3)C1)C2. The second kappa shape index (κ2) is 6.59. The van der Waals surface area contributed by atoms with Gasteiger partial charge in [-0.2, -0.15) is 0 Å². The molecule has 6 heteroatoms. The summed E-state index contributed by atoms with van der Waals surface area (Å²) in [5.41, 5.74) is 3.12. The molecule has 2 atom stereocenters. The summed E-state index contributed by atoms with van der Waals surface area (Å²) in [4.78, 5) is 29.1. The monoisotopic (exact) mass is 353 g/mol. The van der Waals surface area contributed by atoms with Gasteiger partial charge in [-0.25, -0.2) is 0 Å². The van der Waals surface area contributed by atoms with Crippen LogP contribution in [0, 0.1) is 12.8 Å². The number of amides is 2. The number of rotatable bonds is 3. The normalized spacial score (nSPS) is 21.0. The van der Waals surface area contributed by atoms with Gasteiger partial charge in [-0.3, -0.25) is 9.59 Å². The Hall–Kier alpha value is -2.63. The largest absolute Gasteiger partial charge is 0.359 e. The van der Waals surface area contributed by atoms with E-state index in [2.05, 4.69) is 5.16 Å². The van der Waals surface area contributed by atoms with Gasteiger partial charge in [-0.1, -0.05) is 35.5 Å². The summed E-state index contributed by atoms with van der Waals surface area (Å²) in [6, 6.07) is 9.92. The Morgan fingerprint density at radius 3 is 2.85 bits per heavy atom. The Bertz CT molecular complexity index is 830. The molecule has 2 aliphatic rings. The topological polar surface area (TPSA) is 66.7 Å². The van der Waals surface area contributed by atoms with Crippen LogP contribution >= 0.6 is 0 Å². The Morgan fingerprint density at radius 2 is 2.08 bits per heavy atom. The molecule has 2 aromatic rings. The molecule has 0 saturated carbocycles. The summed E-state index contributed by atoms with van der Waals surface area (Å²) in [5, 5.41) is 4.00. The van der Waals surface area contributed by atoms with E-state index in [9.17, 15) is 9.59 Å². The van der Waals surface area contributed by atoms with Gasteiger partial charge in [-0.05, 0) is 25.8 Å². The summed E-state index contributed by atoms with van der Waals surface area (Å²) < 4.78 is 5.35. The lowest BCUT2D eigenvalue weighted by Gasteiger charge is -2.29. The maximum atomic E-state index is 13.0. The maximum absolute atomic E-state index is 13.0. The first-order valence-electron chi connectivity index (χ1n) is 9.12. The molecule has 1 fully saturated rings. The van der Waals surface area contributed by atoms with Gasteiger partial charge in [0, 0.05) is 25.1 Å². The Labute approximate surface area is 152 Å². The van der Waals surface area contributed by atoms with E-state index >= 15 is 0 Å². The van der Waals surface area contributed by atoms with Crippen LogP contribution in [-0.2, 0) is 22.6 Å². The first kappa shape index (κ1) is 16.8. The van der Waals surface area contributed by atoms with Crippen molar-refractivity contribution in [3.63, 3.8) is 0 Å². The number of hydrogen-bond donors (Lipinski definition) is 0. The first-order valence-corrected chi connectivity index (χ1v) is 9.12. The van der Waals surface area contributed by atoms with Crippen LogP contribution in [0.3, 0.4) is 0 Å². The molecular formula is C20H23N3O3. The minimum absolute atomic E-state index is 0.0219. The third kappa shape index (κ3) is 2.89. The lowest BCUT2D eigenvalue weighted by Crippen LogP contribution is -2.40. The highest BCUT2D eigenvalue weighted by atomic mass is 16.5. The molecule has 2 amide bonds. The van der Waals surface area contributed by atoms with Gasteiger partial charge in [-0.15, -0.1) is 0 Å². The predicted octanol–water partition coefficient (Wildman–Crippen LogP) is 2.48. The smallest absolute Gasteiger partial charge is 0.228 e. The molecule has 136 valence electrons. The second-order valence-corrected chi connectivity index (χ2v) is 7.21. The highest BCUT2D eigenvalue weighted by Crippen LogP contribution is 2.31. The van der Waals surface area contributed by atoms with Gasteiger partial charge >= 0.3 is 0 Å². The van der Waals surface area contributed by atoms with E-state index in [-0.39, 0.29) is 30.2 Å². The highest BCUT2D eigenvalue weighted by molar-refractivity contribution is 5.89. The third-order valence-corrected chi connectivity index (χ3v) is 5.60. The molecule has 1 aromatic carbocycles. The highest BCUT2D eigenvalue weighted by Gasteiger charge is 2.39. The number of aryl methyl sites for hydroxylation is 1. The van der Waals surface area contributed by atoms with Crippen molar-refractivity contribution in [1.29, 1.82) is 0 Å². The summed E-state index contributed by atoms with van der Waals surface area (Å²) in [7, 11) is 0. The van der Waals surface area contributed by atoms with E-state index in [0.717, 1.165) is 29.0 Å². The van der Waals surface area contributed by atoms with Gasteiger partial charge < -0.3 is 14.3 Å². The number of hydrogen-bond acceptors (Lipinski definition) is 4. The van der Waals surface area contributed by atoms with E-state index in [0.29, 0.717) is 19.6 Å². The van der Waals surface area contributed by atoms with E-state index in [1.807, 2.05) is 54.0 Å². The van der Waals surface area contributed by atoms with Crippen molar-refractivity contribution in [3.8, 4) is 0 Å². The average molecular weight is 353 g/mol. The maximum Gasteiger partial charge on any atom is 0.228 e. The number of carbonyl (C=O) groups is 2. The van der Waals surface area contributed by atoms with E-state index in [1.165, 1.54) is 0 Å². The molecule has 26 heavy (non-hydrogen) atoms. The minimum atomic E-state index is -0.278. The quantitative estimate of drug-likeness (QED) is 0.850. The molecular weight excluding hydrogens is 330 g/mol. The van der Waals surface area contributed by atoms with Crippen molar-refractivity contribution in [2.75, 3.05) is 13.1 Å². The van der Waals surface area contributed by atoms with Crippen LogP contribution in [0.15, 0.2) is 34.9 Å². The van der Waals surface area contributed by atoms with Crippen LogP contribution in [0.5, 0.6) is 0 Å². The number of carbonyl (C=O) groups excluding carboxylic acids is 2. The van der Waals surface area contributed by atoms with E-state index < -0.39 is 0 Å². The zero-order chi connectivity index (χ0) is 18.3. The second-order valence-electron chi connectivity index (χ2n) is 7.21. The van der Waals surface area contributed by atoms with Crippen LogP contribution < -0.4 is 0 Å². The number of aromatic nitrogens is 1. The predicted molar refractivity (Wildman–Crippen MR) is 95.0 cm³/mol. The molecule has 0 aliphatic carbocycles. The number of fused-ring (bicyclic) bond motifs is 1. The summed E-state index contributed by atoms with van der Waals surface area (Å²) in [6.45, 7) is 5.54. The van der Waals surface area contributed by atoms with Crippen LogP contribution in [0.1, 0.15) is 42.0 Å². The van der Waals surface area contributed by atoms with E-state index in [4.69, 9.17) is 4.52 Å². The number of benzene rings is 1. The van der Waals surface area contributed by atoms with Crippen LogP contribution in [0.25, 0.3) is 0 Å². The number of nitrogens with zero attached hydrogens (tertiary/aromatic N) is 3. The summed E-state index contributed by atoms with van der Waals surface area (Å²) >= 11 is 0. The zero-order valence-corrected chi connectivity index (χ0v) is 15.1. The minimum Gasteiger partial charge on any atom is -0.359 e. The third-order valence-electron chi connectivity index (χ3n) is 5.60. The van der Waals surface area contributed by atoms with Gasteiger partial charge in [0.1, 0.15) is 0 Å². The van der Waals surface area contributed by atoms with Gasteiger partial charge in [0.2, 0.25) is 11.8 Å². The van der Waals surface area contributed by atoms with Gasteiger partial charge in [0.25, 0.3) is 0 Å². The molecule has 0 N–H and O–H groups in total. The molecule has 2 unspecified atom stereocenters. The van der Waals surface area contributed by atoms with Crippen molar-refractivity contribution >= 4 is 11.8 Å². The zero-order valence-electron chi connectivity index (χ0n) is 15.1. The van der Waals surface area contributed by atoms with Crippen LogP contribution in [-0.4, -0.2) is 39.9 Å². The molecule has 1 aromatic heterocycles. The molecule has 2 aliphatic heterocycles. The lowest BCUT2D eigenvalue weighted by atomic mass is 10.0. The van der Waals surface area contributed by atoms with Crippen molar-refractivity contribution < 1.29 is 14.1 Å². The molecule has 3 heterocycles. The average Bonchev–Trinajstić information content (AvgIpc) is 3.24.